The molecule has 1 aromatic rings. The maximum atomic E-state index is 12.2. The summed E-state index contributed by atoms with van der Waals surface area (Å²) in [5.74, 6) is 0.260. The fraction of sp³-hybridized carbons (Fsp3) is 0.429. The van der Waals surface area contributed by atoms with Gasteiger partial charge in [-0.05, 0) is 38.1 Å². The summed E-state index contributed by atoms with van der Waals surface area (Å²) < 4.78 is 5.68. The molecule has 20 heavy (non-hydrogen) atoms. The number of amides is 2. The molecule has 0 spiro atoms. The van der Waals surface area contributed by atoms with E-state index in [0.717, 1.165) is 0 Å². The van der Waals surface area contributed by atoms with Gasteiger partial charge < -0.3 is 15.4 Å². The summed E-state index contributed by atoms with van der Waals surface area (Å²) in [4.78, 5) is 23.3. The zero-order valence-corrected chi connectivity index (χ0v) is 12.2. The molecule has 1 aliphatic heterocycles. The fourth-order valence-electron chi connectivity index (χ4n) is 1.91. The van der Waals surface area contributed by atoms with E-state index < -0.39 is 5.60 Å². The Morgan fingerprint density at radius 1 is 1.40 bits per heavy atom. The first kappa shape index (κ1) is 14.7. The Hall–Kier alpha value is -1.75. The standard InChI is InChI=1S/C14H17ClN2O3/c1-14(2,20-11-5-3-9(15)4-6-11)13(19)17-10-7-12(18)16-8-10/h3-6,10H,7-8H2,1-2H3,(H,16,18)(H,17,19). The Labute approximate surface area is 122 Å². The molecule has 1 heterocycles. The van der Waals surface area contributed by atoms with E-state index in [2.05, 4.69) is 10.6 Å². The van der Waals surface area contributed by atoms with Gasteiger partial charge in [-0.2, -0.15) is 0 Å². The molecule has 0 saturated carbocycles. The minimum Gasteiger partial charge on any atom is -0.478 e. The SMILES string of the molecule is CC(C)(Oc1ccc(Cl)cc1)C(=O)NC1CNC(=O)C1. The van der Waals surface area contributed by atoms with E-state index in [9.17, 15) is 9.59 Å². The highest BCUT2D eigenvalue weighted by atomic mass is 35.5. The summed E-state index contributed by atoms with van der Waals surface area (Å²) in [7, 11) is 0. The van der Waals surface area contributed by atoms with Gasteiger partial charge in [0.1, 0.15) is 5.75 Å². The number of nitrogens with one attached hydrogen (secondary N) is 2. The largest absolute Gasteiger partial charge is 0.478 e. The van der Waals surface area contributed by atoms with Crippen LogP contribution >= 0.6 is 11.6 Å². The van der Waals surface area contributed by atoms with E-state index >= 15 is 0 Å². The molecular weight excluding hydrogens is 280 g/mol. The number of hydrogen-bond acceptors (Lipinski definition) is 3. The molecule has 2 rings (SSSR count). The smallest absolute Gasteiger partial charge is 0.263 e. The van der Waals surface area contributed by atoms with E-state index in [-0.39, 0.29) is 17.9 Å². The third-order valence-electron chi connectivity index (χ3n) is 3.05. The minimum absolute atomic E-state index is 0.0493. The third kappa shape index (κ3) is 3.63. The number of carbonyl (C=O) groups is 2. The minimum atomic E-state index is -1.03. The fourth-order valence-corrected chi connectivity index (χ4v) is 2.04. The van der Waals surface area contributed by atoms with Gasteiger partial charge in [0.2, 0.25) is 5.91 Å². The van der Waals surface area contributed by atoms with Gasteiger partial charge in [0.05, 0.1) is 6.04 Å². The van der Waals surface area contributed by atoms with Crippen LogP contribution in [0.25, 0.3) is 0 Å². The maximum absolute atomic E-state index is 12.2. The first-order chi connectivity index (χ1) is 9.37. The second-order valence-corrected chi connectivity index (χ2v) is 5.68. The summed E-state index contributed by atoms with van der Waals surface area (Å²) in [6.07, 6.45) is 0.308. The van der Waals surface area contributed by atoms with Crippen LogP contribution in [0.15, 0.2) is 24.3 Å². The highest BCUT2D eigenvalue weighted by Gasteiger charge is 2.33. The molecule has 1 saturated heterocycles. The molecule has 1 aliphatic rings. The monoisotopic (exact) mass is 296 g/mol. The number of ether oxygens (including phenoxy) is 1. The van der Waals surface area contributed by atoms with Gasteiger partial charge in [-0.25, -0.2) is 0 Å². The highest BCUT2D eigenvalue weighted by molar-refractivity contribution is 6.30. The van der Waals surface area contributed by atoms with Gasteiger partial charge in [0, 0.05) is 18.0 Å². The lowest BCUT2D eigenvalue weighted by Gasteiger charge is -2.26. The van der Waals surface area contributed by atoms with E-state index in [0.29, 0.717) is 23.7 Å². The van der Waals surface area contributed by atoms with Crippen molar-refractivity contribution >= 4 is 23.4 Å². The molecule has 0 aromatic heterocycles. The molecule has 0 aliphatic carbocycles. The van der Waals surface area contributed by atoms with Crippen molar-refractivity contribution in [1.82, 2.24) is 10.6 Å². The Kier molecular flexibility index (Phi) is 4.18. The number of benzene rings is 1. The van der Waals surface area contributed by atoms with Gasteiger partial charge in [-0.3, -0.25) is 9.59 Å². The van der Waals surface area contributed by atoms with Gasteiger partial charge in [-0.15, -0.1) is 0 Å². The van der Waals surface area contributed by atoms with Crippen molar-refractivity contribution in [3.63, 3.8) is 0 Å². The van der Waals surface area contributed by atoms with E-state index in [1.54, 1.807) is 38.1 Å². The molecule has 6 heteroatoms. The van der Waals surface area contributed by atoms with Crippen molar-refractivity contribution in [2.75, 3.05) is 6.54 Å². The van der Waals surface area contributed by atoms with Gasteiger partial charge in [0.25, 0.3) is 5.91 Å². The molecule has 2 amide bonds. The first-order valence-electron chi connectivity index (χ1n) is 6.39. The van der Waals surface area contributed by atoms with Crippen molar-refractivity contribution in [2.24, 2.45) is 0 Å². The number of hydrogen-bond donors (Lipinski definition) is 2. The first-order valence-corrected chi connectivity index (χ1v) is 6.77. The average Bonchev–Trinajstić information content (AvgIpc) is 2.77. The summed E-state index contributed by atoms with van der Waals surface area (Å²) in [6, 6.07) is 6.63. The quantitative estimate of drug-likeness (QED) is 0.885. The zero-order valence-electron chi connectivity index (χ0n) is 11.4. The normalized spacial score (nSPS) is 18.6. The van der Waals surface area contributed by atoms with Crippen molar-refractivity contribution in [1.29, 1.82) is 0 Å². The summed E-state index contributed by atoms with van der Waals surface area (Å²) in [5.41, 5.74) is -1.03. The average molecular weight is 297 g/mol. The summed E-state index contributed by atoms with van der Waals surface area (Å²) in [6.45, 7) is 3.82. The lowest BCUT2D eigenvalue weighted by atomic mass is 10.1. The maximum Gasteiger partial charge on any atom is 0.263 e. The summed E-state index contributed by atoms with van der Waals surface area (Å²) in [5, 5.41) is 6.09. The van der Waals surface area contributed by atoms with Crippen LogP contribution in [0.5, 0.6) is 5.75 Å². The number of carbonyl (C=O) groups excluding carboxylic acids is 2. The molecule has 0 bridgehead atoms. The molecule has 0 radical (unpaired) electrons. The molecule has 2 N–H and O–H groups in total. The Balaban J connectivity index is 1.96. The topological polar surface area (TPSA) is 67.4 Å². The van der Waals surface area contributed by atoms with Crippen LogP contribution in [-0.2, 0) is 9.59 Å². The van der Waals surface area contributed by atoms with E-state index in [4.69, 9.17) is 16.3 Å². The Morgan fingerprint density at radius 2 is 2.05 bits per heavy atom. The van der Waals surface area contributed by atoms with Gasteiger partial charge >= 0.3 is 0 Å². The second kappa shape index (κ2) is 5.71. The third-order valence-corrected chi connectivity index (χ3v) is 3.30. The Morgan fingerprint density at radius 3 is 2.60 bits per heavy atom. The zero-order chi connectivity index (χ0) is 14.8. The van der Waals surface area contributed by atoms with Crippen molar-refractivity contribution < 1.29 is 14.3 Å². The van der Waals surface area contributed by atoms with Crippen LogP contribution < -0.4 is 15.4 Å². The van der Waals surface area contributed by atoms with Crippen molar-refractivity contribution in [3.05, 3.63) is 29.3 Å². The molecular formula is C14H17ClN2O3. The Bertz CT molecular complexity index is 514. The van der Waals surface area contributed by atoms with Crippen LogP contribution in [0.3, 0.4) is 0 Å². The van der Waals surface area contributed by atoms with Crippen LogP contribution in [0.2, 0.25) is 5.02 Å². The van der Waals surface area contributed by atoms with E-state index in [1.165, 1.54) is 0 Å². The predicted octanol–water partition coefficient (Wildman–Crippen LogP) is 1.50. The van der Waals surface area contributed by atoms with Crippen LogP contribution in [-0.4, -0.2) is 30.0 Å². The molecule has 108 valence electrons. The van der Waals surface area contributed by atoms with Crippen molar-refractivity contribution in [3.8, 4) is 5.75 Å². The van der Waals surface area contributed by atoms with Crippen LogP contribution in [0, 0.1) is 0 Å². The molecule has 1 aromatic carbocycles. The van der Waals surface area contributed by atoms with Crippen LogP contribution in [0.1, 0.15) is 20.3 Å². The summed E-state index contributed by atoms with van der Waals surface area (Å²) >= 11 is 5.80. The van der Waals surface area contributed by atoms with Gasteiger partial charge in [0.15, 0.2) is 5.60 Å². The molecule has 5 nitrogen and oxygen atoms in total. The lowest BCUT2D eigenvalue weighted by molar-refractivity contribution is -0.134. The lowest BCUT2D eigenvalue weighted by Crippen LogP contribution is -2.50. The van der Waals surface area contributed by atoms with E-state index in [1.807, 2.05) is 0 Å². The predicted molar refractivity (Wildman–Crippen MR) is 75.7 cm³/mol. The second-order valence-electron chi connectivity index (χ2n) is 5.24. The molecule has 1 unspecified atom stereocenters. The van der Waals surface area contributed by atoms with Crippen LogP contribution in [0.4, 0.5) is 0 Å². The molecule has 1 fully saturated rings. The number of rotatable bonds is 4. The highest BCUT2D eigenvalue weighted by Crippen LogP contribution is 2.21. The number of halogens is 1. The van der Waals surface area contributed by atoms with Gasteiger partial charge in [-0.1, -0.05) is 11.6 Å². The van der Waals surface area contributed by atoms with Crippen molar-refractivity contribution in [2.45, 2.75) is 31.9 Å². The molecule has 1 atom stereocenters.